The van der Waals surface area contributed by atoms with E-state index in [0.29, 0.717) is 22.9 Å². The van der Waals surface area contributed by atoms with Gasteiger partial charge in [0.05, 0.1) is 12.1 Å². The van der Waals surface area contributed by atoms with E-state index in [4.69, 9.17) is 0 Å². The summed E-state index contributed by atoms with van der Waals surface area (Å²) in [6, 6.07) is 15.9. The van der Waals surface area contributed by atoms with Gasteiger partial charge in [-0.2, -0.15) is 0 Å². The molecule has 0 saturated carbocycles. The van der Waals surface area contributed by atoms with Crippen molar-refractivity contribution in [2.24, 2.45) is 0 Å². The molecule has 4 saturated heterocycles. The van der Waals surface area contributed by atoms with Crippen LogP contribution in [0.1, 0.15) is 68.3 Å². The Labute approximate surface area is 275 Å². The van der Waals surface area contributed by atoms with E-state index in [1.54, 1.807) is 0 Å². The molecule has 6 rings (SSSR count). The Kier molecular flexibility index (Phi) is 10.6. The summed E-state index contributed by atoms with van der Waals surface area (Å²) < 4.78 is 0. The number of likely N-dealkylation sites (N-methyl/N-ethyl adjacent to an activating group) is 2. The number of piperidine rings is 2. The Balaban J connectivity index is 0.986. The predicted molar refractivity (Wildman–Crippen MR) is 184 cm³/mol. The van der Waals surface area contributed by atoms with Crippen LogP contribution in [0.3, 0.4) is 0 Å². The first-order chi connectivity index (χ1) is 22.5. The Hall–Kier alpha value is -3.43. The van der Waals surface area contributed by atoms with Gasteiger partial charge in [-0.25, -0.2) is 0 Å². The maximum Gasteiger partial charge on any atom is 0.240 e. The van der Waals surface area contributed by atoms with Crippen LogP contribution in [0.5, 0.6) is 0 Å². The minimum absolute atomic E-state index is 0.0184. The van der Waals surface area contributed by atoms with Gasteiger partial charge in [0.1, 0.15) is 0 Å². The zero-order chi connectivity index (χ0) is 32.0. The van der Waals surface area contributed by atoms with Crippen LogP contribution in [0.4, 0.5) is 11.4 Å². The van der Waals surface area contributed by atoms with Crippen molar-refractivity contribution in [2.45, 2.75) is 64.5 Å². The number of amides is 2. The number of piperazine rings is 2. The molecule has 0 N–H and O–H groups in total. The molecule has 4 heterocycles. The van der Waals surface area contributed by atoms with Crippen LogP contribution < -0.4 is 9.80 Å². The molecule has 0 radical (unpaired) electrons. The fraction of sp³-hybridized carbons (Fsp3) is 0.595. The van der Waals surface area contributed by atoms with Crippen LogP contribution in [-0.4, -0.2) is 128 Å². The van der Waals surface area contributed by atoms with Gasteiger partial charge in [-0.3, -0.25) is 24.2 Å². The number of ketones is 1. The summed E-state index contributed by atoms with van der Waals surface area (Å²) in [4.78, 5) is 53.2. The number of likely N-dealkylation sites (tertiary alicyclic amines) is 2. The van der Waals surface area contributed by atoms with E-state index in [2.05, 4.69) is 33.4 Å². The average Bonchev–Trinajstić information content (AvgIpc) is 3.14. The highest BCUT2D eigenvalue weighted by molar-refractivity contribution is 6.09. The summed E-state index contributed by atoms with van der Waals surface area (Å²) >= 11 is 0. The molecule has 0 spiro atoms. The quantitative estimate of drug-likeness (QED) is 0.410. The molecule has 2 amide bonds. The fourth-order valence-corrected chi connectivity index (χ4v) is 7.90. The van der Waals surface area contributed by atoms with Crippen molar-refractivity contribution >= 4 is 29.0 Å². The molecule has 9 nitrogen and oxygen atoms in total. The van der Waals surface area contributed by atoms with Crippen molar-refractivity contribution in [1.29, 1.82) is 0 Å². The van der Waals surface area contributed by atoms with Gasteiger partial charge in [0.25, 0.3) is 0 Å². The molecule has 9 heteroatoms. The number of anilines is 2. The Morgan fingerprint density at radius 3 is 1.24 bits per heavy atom. The first-order valence-corrected chi connectivity index (χ1v) is 17.8. The number of hydrogen-bond donors (Lipinski definition) is 0. The van der Waals surface area contributed by atoms with Crippen molar-refractivity contribution in [1.82, 2.24) is 19.6 Å². The number of benzene rings is 2. The zero-order valence-electron chi connectivity index (χ0n) is 27.9. The smallest absolute Gasteiger partial charge is 0.240 e. The van der Waals surface area contributed by atoms with Gasteiger partial charge in [-0.05, 0) is 100 Å². The lowest BCUT2D eigenvalue weighted by atomic mass is 10.0. The van der Waals surface area contributed by atoms with E-state index in [1.165, 1.54) is 12.8 Å². The molecule has 248 valence electrons. The third kappa shape index (κ3) is 7.10. The van der Waals surface area contributed by atoms with Gasteiger partial charge in [-0.15, -0.1) is 0 Å². The van der Waals surface area contributed by atoms with Crippen LogP contribution in [0.15, 0.2) is 48.5 Å². The molecule has 4 fully saturated rings. The van der Waals surface area contributed by atoms with Gasteiger partial charge in [0, 0.05) is 74.9 Å². The first-order valence-electron chi connectivity index (χ1n) is 17.8. The largest absolute Gasteiger partial charge is 0.368 e. The number of carbonyl (C=O) groups is 3. The van der Waals surface area contributed by atoms with E-state index in [1.807, 2.05) is 58.3 Å². The van der Waals surface area contributed by atoms with Gasteiger partial charge in [-0.1, -0.05) is 26.7 Å². The third-order valence-corrected chi connectivity index (χ3v) is 10.8. The topological polar surface area (TPSA) is 70.7 Å². The fourth-order valence-electron chi connectivity index (χ4n) is 7.90. The standard InChI is InChI=1S/C37H52N6O3/c1-3-38-19-7-5-9-33(38)36(45)42-25-21-40(22-26-42)31-15-11-29(12-16-31)35(44)30-13-17-32(18-14-30)41-23-27-43(28-24-41)37(46)34-10-6-8-20-39(34)4-2/h11-18,33-34H,3-10,19-28H2,1-2H3/t33-,34-/m0/s1. The van der Waals surface area contributed by atoms with Crippen LogP contribution >= 0.6 is 0 Å². The van der Waals surface area contributed by atoms with Crippen molar-refractivity contribution in [3.8, 4) is 0 Å². The number of nitrogens with zero attached hydrogens (tertiary/aromatic N) is 6. The molecule has 2 aromatic rings. The van der Waals surface area contributed by atoms with E-state index >= 15 is 0 Å². The molecule has 4 aliphatic heterocycles. The van der Waals surface area contributed by atoms with Gasteiger partial charge in [0.2, 0.25) is 11.8 Å². The second kappa shape index (κ2) is 15.0. The van der Waals surface area contributed by atoms with Crippen molar-refractivity contribution < 1.29 is 14.4 Å². The van der Waals surface area contributed by atoms with Crippen LogP contribution in [0, 0.1) is 0 Å². The van der Waals surface area contributed by atoms with Crippen molar-refractivity contribution in [3.63, 3.8) is 0 Å². The highest BCUT2D eigenvalue weighted by atomic mass is 16.2. The molecular formula is C37H52N6O3. The maximum absolute atomic E-state index is 13.3. The minimum atomic E-state index is 0.0184. The normalized spacial score (nSPS) is 23.4. The SMILES string of the molecule is CCN1CCCC[C@H]1C(=O)N1CCN(c2ccc(C(=O)c3ccc(N4CCN(C(=O)[C@@H]5CCCCN5CC)CC4)cc3)cc2)CC1. The summed E-state index contributed by atoms with van der Waals surface area (Å²) in [5.74, 6) is 0.608. The molecule has 46 heavy (non-hydrogen) atoms. The van der Waals surface area contributed by atoms with Gasteiger partial charge >= 0.3 is 0 Å². The number of rotatable bonds is 8. The Bertz CT molecular complexity index is 1230. The Morgan fingerprint density at radius 2 is 0.891 bits per heavy atom. The monoisotopic (exact) mass is 628 g/mol. The summed E-state index contributed by atoms with van der Waals surface area (Å²) in [5, 5.41) is 0. The summed E-state index contributed by atoms with van der Waals surface area (Å²) in [5.41, 5.74) is 3.54. The lowest BCUT2D eigenvalue weighted by molar-refractivity contribution is -0.139. The molecule has 2 atom stereocenters. The molecule has 2 aromatic carbocycles. The van der Waals surface area contributed by atoms with E-state index in [0.717, 1.165) is 116 Å². The van der Waals surface area contributed by atoms with Gasteiger partial charge < -0.3 is 19.6 Å². The first kappa shape index (κ1) is 32.5. The third-order valence-electron chi connectivity index (χ3n) is 10.8. The average molecular weight is 629 g/mol. The van der Waals surface area contributed by atoms with Crippen LogP contribution in [-0.2, 0) is 9.59 Å². The summed E-state index contributed by atoms with van der Waals surface area (Å²) in [6.45, 7) is 14.4. The lowest BCUT2D eigenvalue weighted by Crippen LogP contribution is -2.56. The van der Waals surface area contributed by atoms with E-state index < -0.39 is 0 Å². The highest BCUT2D eigenvalue weighted by Gasteiger charge is 2.34. The molecule has 4 aliphatic rings. The molecule has 0 aromatic heterocycles. The van der Waals surface area contributed by atoms with E-state index in [9.17, 15) is 14.4 Å². The van der Waals surface area contributed by atoms with Crippen molar-refractivity contribution in [3.05, 3.63) is 59.7 Å². The summed E-state index contributed by atoms with van der Waals surface area (Å²) in [6.07, 6.45) is 6.61. The van der Waals surface area contributed by atoms with Crippen LogP contribution in [0.25, 0.3) is 0 Å². The van der Waals surface area contributed by atoms with Crippen LogP contribution in [0.2, 0.25) is 0 Å². The number of carbonyl (C=O) groups excluding carboxylic acids is 3. The predicted octanol–water partition coefficient (Wildman–Crippen LogP) is 3.96. The second-order valence-corrected chi connectivity index (χ2v) is 13.3. The van der Waals surface area contributed by atoms with Crippen molar-refractivity contribution in [2.75, 3.05) is 88.3 Å². The molecule has 0 unspecified atom stereocenters. The van der Waals surface area contributed by atoms with E-state index in [-0.39, 0.29) is 17.9 Å². The zero-order valence-corrected chi connectivity index (χ0v) is 27.9. The minimum Gasteiger partial charge on any atom is -0.368 e. The molecular weight excluding hydrogens is 576 g/mol. The molecule has 0 bridgehead atoms. The summed E-state index contributed by atoms with van der Waals surface area (Å²) in [7, 11) is 0. The lowest BCUT2D eigenvalue weighted by Gasteiger charge is -2.41. The Morgan fingerprint density at radius 1 is 0.522 bits per heavy atom. The highest BCUT2D eigenvalue weighted by Crippen LogP contribution is 2.25. The number of hydrogen-bond acceptors (Lipinski definition) is 7. The molecule has 0 aliphatic carbocycles. The second-order valence-electron chi connectivity index (χ2n) is 13.3. The van der Waals surface area contributed by atoms with Gasteiger partial charge in [0.15, 0.2) is 5.78 Å². The maximum atomic E-state index is 13.3.